The van der Waals surface area contributed by atoms with E-state index in [0.717, 1.165) is 41.2 Å². The van der Waals surface area contributed by atoms with E-state index in [0.29, 0.717) is 17.7 Å². The van der Waals surface area contributed by atoms with Crippen LogP contribution in [0.5, 0.6) is 5.75 Å². The molecule has 2 atom stereocenters. The number of benzene rings is 2. The topological polar surface area (TPSA) is 77.0 Å². The molecule has 1 fully saturated rings. The van der Waals surface area contributed by atoms with Gasteiger partial charge in [0.1, 0.15) is 12.4 Å². The Bertz CT molecular complexity index is 1170. The van der Waals surface area contributed by atoms with Gasteiger partial charge in [-0.15, -0.1) is 5.10 Å². The summed E-state index contributed by atoms with van der Waals surface area (Å²) < 4.78 is 5.80. The van der Waals surface area contributed by atoms with Crippen molar-refractivity contribution in [2.75, 3.05) is 11.1 Å². The SMILES string of the molecule is CC1(C)[C@@H]2CC[C@]1(C)c1nc(SCC(=O)Nc3ccc(OCc4ccccc4)cc3)nnc12. The molecule has 6 nitrogen and oxygen atoms in total. The number of fused-ring (bicyclic) bond motifs is 5. The minimum Gasteiger partial charge on any atom is -0.489 e. The molecule has 0 aliphatic heterocycles. The lowest BCUT2D eigenvalue weighted by Gasteiger charge is -2.33. The summed E-state index contributed by atoms with van der Waals surface area (Å²) >= 11 is 1.33. The van der Waals surface area contributed by atoms with Crippen LogP contribution in [0.1, 0.15) is 56.5 Å². The van der Waals surface area contributed by atoms with Crippen molar-refractivity contribution in [1.29, 1.82) is 0 Å². The molecule has 0 saturated heterocycles. The van der Waals surface area contributed by atoms with Gasteiger partial charge in [-0.25, -0.2) is 4.98 Å². The highest BCUT2D eigenvalue weighted by Crippen LogP contribution is 2.66. The van der Waals surface area contributed by atoms with Gasteiger partial charge in [-0.3, -0.25) is 4.79 Å². The lowest BCUT2D eigenvalue weighted by Crippen LogP contribution is -2.32. The molecule has 170 valence electrons. The molecule has 2 aliphatic carbocycles. The van der Waals surface area contributed by atoms with Gasteiger partial charge < -0.3 is 10.1 Å². The van der Waals surface area contributed by atoms with E-state index in [1.165, 1.54) is 11.8 Å². The first-order valence-electron chi connectivity index (χ1n) is 11.3. The van der Waals surface area contributed by atoms with Gasteiger partial charge in [0.15, 0.2) is 0 Å². The maximum atomic E-state index is 12.5. The summed E-state index contributed by atoms with van der Waals surface area (Å²) in [7, 11) is 0. The third kappa shape index (κ3) is 3.99. The smallest absolute Gasteiger partial charge is 0.234 e. The van der Waals surface area contributed by atoms with E-state index in [1.54, 1.807) is 0 Å². The maximum Gasteiger partial charge on any atom is 0.234 e. The molecule has 5 rings (SSSR count). The third-order valence-electron chi connectivity index (χ3n) is 7.49. The van der Waals surface area contributed by atoms with E-state index in [2.05, 4.69) is 36.3 Å². The first kappa shape index (κ1) is 21.9. The van der Waals surface area contributed by atoms with Crippen molar-refractivity contribution in [2.45, 2.75) is 56.7 Å². The van der Waals surface area contributed by atoms with Crippen LogP contribution in [0, 0.1) is 5.41 Å². The zero-order valence-corrected chi connectivity index (χ0v) is 20.0. The summed E-state index contributed by atoms with van der Waals surface area (Å²) in [5, 5.41) is 12.3. The zero-order chi connectivity index (χ0) is 23.1. The van der Waals surface area contributed by atoms with Crippen LogP contribution in [0.2, 0.25) is 0 Å². The lowest BCUT2D eigenvalue weighted by atomic mass is 9.70. The van der Waals surface area contributed by atoms with Crippen LogP contribution in [-0.2, 0) is 16.8 Å². The van der Waals surface area contributed by atoms with Crippen LogP contribution in [0.4, 0.5) is 5.69 Å². The number of carbonyl (C=O) groups is 1. The van der Waals surface area contributed by atoms with E-state index in [1.807, 2.05) is 54.6 Å². The molecule has 1 saturated carbocycles. The van der Waals surface area contributed by atoms with E-state index in [-0.39, 0.29) is 22.5 Å². The van der Waals surface area contributed by atoms with Crippen LogP contribution < -0.4 is 10.1 Å². The van der Waals surface area contributed by atoms with E-state index < -0.39 is 0 Å². The highest BCUT2D eigenvalue weighted by molar-refractivity contribution is 7.99. The summed E-state index contributed by atoms with van der Waals surface area (Å²) in [4.78, 5) is 17.3. The third-order valence-corrected chi connectivity index (χ3v) is 8.33. The predicted molar refractivity (Wildman–Crippen MR) is 130 cm³/mol. The molecule has 1 heterocycles. The number of carbonyl (C=O) groups excluding carboxylic acids is 1. The van der Waals surface area contributed by atoms with Gasteiger partial charge in [0.05, 0.1) is 17.1 Å². The quantitative estimate of drug-likeness (QED) is 0.479. The van der Waals surface area contributed by atoms with Crippen molar-refractivity contribution in [2.24, 2.45) is 5.41 Å². The van der Waals surface area contributed by atoms with Crippen LogP contribution in [0.15, 0.2) is 59.8 Å². The van der Waals surface area contributed by atoms with Gasteiger partial charge in [-0.1, -0.05) is 62.9 Å². The molecule has 2 bridgehead atoms. The molecule has 0 unspecified atom stereocenters. The van der Waals surface area contributed by atoms with Crippen LogP contribution in [0.25, 0.3) is 0 Å². The molecular weight excluding hydrogens is 432 g/mol. The Morgan fingerprint density at radius 3 is 2.61 bits per heavy atom. The number of anilines is 1. The van der Waals surface area contributed by atoms with E-state index in [9.17, 15) is 4.79 Å². The average molecular weight is 461 g/mol. The Labute approximate surface area is 198 Å². The number of aromatic nitrogens is 3. The van der Waals surface area contributed by atoms with Crippen molar-refractivity contribution in [3.63, 3.8) is 0 Å². The second-order valence-corrected chi connectivity index (χ2v) is 10.6. The number of hydrogen-bond donors (Lipinski definition) is 1. The molecule has 1 amide bonds. The Balaban J connectivity index is 1.15. The average Bonchev–Trinajstić information content (AvgIpc) is 3.16. The summed E-state index contributed by atoms with van der Waals surface area (Å²) in [6.45, 7) is 7.43. The van der Waals surface area contributed by atoms with Gasteiger partial charge >= 0.3 is 0 Å². The summed E-state index contributed by atoms with van der Waals surface area (Å²) in [5.41, 5.74) is 4.15. The van der Waals surface area contributed by atoms with Gasteiger partial charge in [0.25, 0.3) is 0 Å². The number of rotatable bonds is 7. The molecule has 2 aromatic carbocycles. The van der Waals surface area contributed by atoms with Crippen molar-refractivity contribution in [3.8, 4) is 5.75 Å². The molecule has 1 aromatic heterocycles. The predicted octanol–water partition coefficient (Wildman–Crippen LogP) is 5.36. The first-order chi connectivity index (χ1) is 15.9. The molecule has 0 radical (unpaired) electrons. The number of amides is 1. The van der Waals surface area contributed by atoms with Crippen molar-refractivity contribution >= 4 is 23.4 Å². The largest absolute Gasteiger partial charge is 0.489 e. The van der Waals surface area contributed by atoms with Crippen molar-refractivity contribution in [1.82, 2.24) is 15.2 Å². The second kappa shape index (κ2) is 8.45. The molecule has 33 heavy (non-hydrogen) atoms. The molecular formula is C26H28N4O2S. The monoisotopic (exact) mass is 460 g/mol. The minimum atomic E-state index is -0.102. The molecule has 3 aromatic rings. The summed E-state index contributed by atoms with van der Waals surface area (Å²) in [6.07, 6.45) is 2.28. The molecule has 1 N–H and O–H groups in total. The fourth-order valence-electron chi connectivity index (χ4n) is 5.13. The fourth-order valence-corrected chi connectivity index (χ4v) is 5.71. The maximum absolute atomic E-state index is 12.5. The van der Waals surface area contributed by atoms with Gasteiger partial charge in [0, 0.05) is 17.0 Å². The van der Waals surface area contributed by atoms with Crippen LogP contribution in [0.3, 0.4) is 0 Å². The summed E-state index contributed by atoms with van der Waals surface area (Å²) in [6, 6.07) is 17.4. The zero-order valence-electron chi connectivity index (χ0n) is 19.2. The Hall–Kier alpha value is -2.93. The Kier molecular flexibility index (Phi) is 5.60. The van der Waals surface area contributed by atoms with Crippen LogP contribution >= 0.6 is 11.8 Å². The first-order valence-corrected chi connectivity index (χ1v) is 12.3. The highest BCUT2D eigenvalue weighted by atomic mass is 32.2. The van der Waals surface area contributed by atoms with Crippen molar-refractivity contribution in [3.05, 3.63) is 71.5 Å². The number of nitrogens with one attached hydrogen (secondary N) is 1. The summed E-state index contributed by atoms with van der Waals surface area (Å²) in [5.74, 6) is 1.32. The normalized spacial score (nSPS) is 22.1. The standard InChI is InChI=1S/C26H28N4O2S/c1-25(2)20-13-14-26(25,3)23-22(20)29-30-24(28-23)33-16-21(31)27-18-9-11-19(12-10-18)32-15-17-7-5-4-6-8-17/h4-12,20H,13-16H2,1-3H3,(H,27,31)/t20-,26-/m1/s1. The van der Waals surface area contributed by atoms with Gasteiger partial charge in [-0.05, 0) is 48.1 Å². The fraction of sp³-hybridized carbons (Fsp3) is 0.385. The van der Waals surface area contributed by atoms with Gasteiger partial charge in [0.2, 0.25) is 11.1 Å². The number of ether oxygens (including phenoxy) is 1. The number of thioether (sulfide) groups is 1. The van der Waals surface area contributed by atoms with E-state index >= 15 is 0 Å². The minimum absolute atomic E-state index is 0.0326. The van der Waals surface area contributed by atoms with Crippen molar-refractivity contribution < 1.29 is 9.53 Å². The van der Waals surface area contributed by atoms with Crippen LogP contribution in [-0.4, -0.2) is 26.8 Å². The van der Waals surface area contributed by atoms with Gasteiger partial charge in [-0.2, -0.15) is 5.10 Å². The van der Waals surface area contributed by atoms with E-state index in [4.69, 9.17) is 9.72 Å². The number of hydrogen-bond acceptors (Lipinski definition) is 6. The molecule has 7 heteroatoms. The second-order valence-electron chi connectivity index (χ2n) is 9.61. The number of nitrogens with zero attached hydrogens (tertiary/aromatic N) is 3. The molecule has 0 spiro atoms. The highest BCUT2D eigenvalue weighted by Gasteiger charge is 2.61. The lowest BCUT2D eigenvalue weighted by molar-refractivity contribution is -0.113. The Morgan fingerprint density at radius 2 is 1.85 bits per heavy atom. The molecule has 2 aliphatic rings. The Morgan fingerprint density at radius 1 is 1.09 bits per heavy atom.